The van der Waals surface area contributed by atoms with Gasteiger partial charge in [0.1, 0.15) is 5.01 Å². The maximum absolute atomic E-state index is 6.11. The van der Waals surface area contributed by atoms with Crippen molar-refractivity contribution >= 4 is 64.7 Å². The highest BCUT2D eigenvalue weighted by atomic mass is 35.5. The summed E-state index contributed by atoms with van der Waals surface area (Å²) in [5, 5.41) is 4.42. The molecule has 23 heavy (non-hydrogen) atoms. The molecule has 110 valence electrons. The molecular formula is C19H10ClNS2. The molecule has 0 spiro atoms. The van der Waals surface area contributed by atoms with Crippen molar-refractivity contribution in [3.05, 3.63) is 65.7 Å². The number of halogens is 1. The number of rotatable bonds is 1. The largest absolute Gasteiger partial charge is 0.236 e. The summed E-state index contributed by atoms with van der Waals surface area (Å²) in [6.07, 6.45) is 0. The second-order valence-electron chi connectivity index (χ2n) is 5.44. The first-order valence-corrected chi connectivity index (χ1v) is 9.27. The summed E-state index contributed by atoms with van der Waals surface area (Å²) in [5.74, 6) is 0. The van der Waals surface area contributed by atoms with Crippen molar-refractivity contribution in [2.75, 3.05) is 0 Å². The van der Waals surface area contributed by atoms with Gasteiger partial charge in [0.25, 0.3) is 0 Å². The van der Waals surface area contributed by atoms with Gasteiger partial charge in [-0.2, -0.15) is 0 Å². The number of nitrogens with zero attached hydrogens (tertiary/aromatic N) is 1. The van der Waals surface area contributed by atoms with Crippen molar-refractivity contribution in [2.45, 2.75) is 0 Å². The van der Waals surface area contributed by atoms with Crippen LogP contribution in [-0.4, -0.2) is 4.98 Å². The average Bonchev–Trinajstić information content (AvgIpc) is 3.13. The van der Waals surface area contributed by atoms with Crippen LogP contribution in [0.5, 0.6) is 0 Å². The number of thiazole rings is 1. The van der Waals surface area contributed by atoms with Crippen LogP contribution in [0.1, 0.15) is 0 Å². The van der Waals surface area contributed by atoms with E-state index in [1.165, 1.54) is 30.4 Å². The molecule has 0 aliphatic rings. The number of fused-ring (bicyclic) bond motifs is 4. The van der Waals surface area contributed by atoms with Gasteiger partial charge in [-0.15, -0.1) is 22.7 Å². The van der Waals surface area contributed by atoms with Gasteiger partial charge in [0.05, 0.1) is 10.2 Å². The third-order valence-corrected chi connectivity index (χ3v) is 6.38. The van der Waals surface area contributed by atoms with Crippen LogP contribution < -0.4 is 0 Å². The molecule has 0 N–H and O–H groups in total. The zero-order chi connectivity index (χ0) is 15.4. The summed E-state index contributed by atoms with van der Waals surface area (Å²) < 4.78 is 3.72. The highest BCUT2D eigenvalue weighted by Gasteiger charge is 2.11. The number of hydrogen-bond donors (Lipinski definition) is 0. The Balaban J connectivity index is 1.79. The smallest absolute Gasteiger partial charge is 0.124 e. The molecule has 0 saturated carbocycles. The first-order valence-electron chi connectivity index (χ1n) is 7.26. The van der Waals surface area contributed by atoms with E-state index in [1.54, 1.807) is 22.7 Å². The fourth-order valence-corrected chi connectivity index (χ4v) is 5.26. The average molecular weight is 352 g/mol. The van der Waals surface area contributed by atoms with Crippen LogP contribution in [0.25, 0.3) is 41.0 Å². The SMILES string of the molecule is Clc1ccc2c(c1)sc1cc3nc(-c4ccccc4)sc3cc12. The van der Waals surface area contributed by atoms with Crippen LogP contribution in [0.15, 0.2) is 60.7 Å². The summed E-state index contributed by atoms with van der Waals surface area (Å²) in [4.78, 5) is 4.82. The zero-order valence-electron chi connectivity index (χ0n) is 11.9. The third-order valence-electron chi connectivity index (χ3n) is 3.96. The molecule has 3 aromatic carbocycles. The molecule has 0 aliphatic heterocycles. The molecule has 2 heterocycles. The Kier molecular flexibility index (Phi) is 2.95. The molecule has 0 saturated heterocycles. The Morgan fingerprint density at radius 2 is 1.57 bits per heavy atom. The van der Waals surface area contributed by atoms with Gasteiger partial charge in [-0.1, -0.05) is 48.0 Å². The van der Waals surface area contributed by atoms with Gasteiger partial charge < -0.3 is 0 Å². The van der Waals surface area contributed by atoms with Crippen molar-refractivity contribution in [2.24, 2.45) is 0 Å². The Bertz CT molecular complexity index is 1170. The summed E-state index contributed by atoms with van der Waals surface area (Å²) in [6.45, 7) is 0. The minimum absolute atomic E-state index is 0.787. The fourth-order valence-electron chi connectivity index (χ4n) is 2.88. The summed E-state index contributed by atoms with van der Waals surface area (Å²) in [6, 6.07) is 20.9. The van der Waals surface area contributed by atoms with Crippen molar-refractivity contribution in [3.63, 3.8) is 0 Å². The van der Waals surface area contributed by atoms with Gasteiger partial charge in [0.2, 0.25) is 0 Å². The molecule has 0 radical (unpaired) electrons. The van der Waals surface area contributed by atoms with E-state index in [4.69, 9.17) is 16.6 Å². The molecule has 0 aliphatic carbocycles. The summed E-state index contributed by atoms with van der Waals surface area (Å²) in [5.41, 5.74) is 2.24. The molecule has 2 aromatic heterocycles. The normalized spacial score (nSPS) is 11.7. The third kappa shape index (κ3) is 2.16. The van der Waals surface area contributed by atoms with Crippen molar-refractivity contribution in [3.8, 4) is 10.6 Å². The van der Waals surface area contributed by atoms with Gasteiger partial charge in [-0.05, 0) is 24.3 Å². The molecule has 0 bridgehead atoms. The number of benzene rings is 3. The number of hydrogen-bond acceptors (Lipinski definition) is 3. The Morgan fingerprint density at radius 3 is 2.43 bits per heavy atom. The molecular weight excluding hydrogens is 342 g/mol. The highest BCUT2D eigenvalue weighted by Crippen LogP contribution is 2.40. The number of thiophene rings is 1. The maximum Gasteiger partial charge on any atom is 0.124 e. The zero-order valence-corrected chi connectivity index (χ0v) is 14.3. The number of aromatic nitrogens is 1. The molecule has 4 heteroatoms. The van der Waals surface area contributed by atoms with Crippen LogP contribution in [0.2, 0.25) is 5.02 Å². The summed E-state index contributed by atoms with van der Waals surface area (Å²) >= 11 is 9.64. The van der Waals surface area contributed by atoms with Crippen LogP contribution in [0.3, 0.4) is 0 Å². The molecule has 0 fully saturated rings. The topological polar surface area (TPSA) is 12.9 Å². The highest BCUT2D eigenvalue weighted by molar-refractivity contribution is 7.26. The lowest BCUT2D eigenvalue weighted by molar-refractivity contribution is 1.48. The van der Waals surface area contributed by atoms with Gasteiger partial charge in [-0.25, -0.2) is 4.98 Å². The van der Waals surface area contributed by atoms with E-state index in [-0.39, 0.29) is 0 Å². The second-order valence-corrected chi connectivity index (χ2v) is 7.99. The monoisotopic (exact) mass is 351 g/mol. The van der Waals surface area contributed by atoms with Crippen LogP contribution >= 0.6 is 34.3 Å². The second kappa shape index (κ2) is 5.03. The molecule has 0 unspecified atom stereocenters. The Morgan fingerprint density at radius 1 is 0.739 bits per heavy atom. The Hall–Kier alpha value is -1.94. The molecule has 1 nitrogen and oxygen atoms in total. The van der Waals surface area contributed by atoms with Gasteiger partial charge in [-0.3, -0.25) is 0 Å². The Labute approximate surface area is 145 Å². The lowest BCUT2D eigenvalue weighted by atomic mass is 10.1. The first kappa shape index (κ1) is 13.5. The lowest BCUT2D eigenvalue weighted by Gasteiger charge is -1.92. The van der Waals surface area contributed by atoms with Crippen molar-refractivity contribution < 1.29 is 0 Å². The van der Waals surface area contributed by atoms with Gasteiger partial charge in [0, 0.05) is 30.8 Å². The summed E-state index contributed by atoms with van der Waals surface area (Å²) in [7, 11) is 0. The van der Waals surface area contributed by atoms with E-state index < -0.39 is 0 Å². The standard InChI is InChI=1S/C19H10ClNS2/c20-12-6-7-13-14-9-18-15(10-17(14)22-16(13)8-12)21-19(23-18)11-4-2-1-3-5-11/h1-10H. The lowest BCUT2D eigenvalue weighted by Crippen LogP contribution is -1.73. The minimum Gasteiger partial charge on any atom is -0.236 e. The predicted molar refractivity (Wildman–Crippen MR) is 103 cm³/mol. The van der Waals surface area contributed by atoms with Crippen LogP contribution in [0, 0.1) is 0 Å². The van der Waals surface area contributed by atoms with E-state index in [0.717, 1.165) is 15.5 Å². The van der Waals surface area contributed by atoms with E-state index in [2.05, 4.69) is 42.5 Å². The fraction of sp³-hybridized carbons (Fsp3) is 0. The van der Waals surface area contributed by atoms with Crippen molar-refractivity contribution in [1.29, 1.82) is 0 Å². The van der Waals surface area contributed by atoms with E-state index in [0.29, 0.717) is 0 Å². The molecule has 0 amide bonds. The van der Waals surface area contributed by atoms with E-state index in [1.807, 2.05) is 18.2 Å². The molecule has 0 atom stereocenters. The first-order chi connectivity index (χ1) is 11.3. The van der Waals surface area contributed by atoms with E-state index >= 15 is 0 Å². The molecule has 5 rings (SSSR count). The molecule has 5 aromatic rings. The maximum atomic E-state index is 6.11. The minimum atomic E-state index is 0.787. The van der Waals surface area contributed by atoms with Crippen LogP contribution in [0.4, 0.5) is 0 Å². The van der Waals surface area contributed by atoms with E-state index in [9.17, 15) is 0 Å². The van der Waals surface area contributed by atoms with Crippen molar-refractivity contribution in [1.82, 2.24) is 4.98 Å². The van der Waals surface area contributed by atoms with Gasteiger partial charge in [0.15, 0.2) is 0 Å². The quantitative estimate of drug-likeness (QED) is 0.317. The predicted octanol–water partition coefficient (Wildman–Crippen LogP) is 6.98. The van der Waals surface area contributed by atoms with Crippen LogP contribution in [-0.2, 0) is 0 Å². The van der Waals surface area contributed by atoms with Gasteiger partial charge >= 0.3 is 0 Å².